The topological polar surface area (TPSA) is 55.4 Å². The molecule has 114 valence electrons. The van der Waals surface area contributed by atoms with E-state index in [1.165, 1.54) is 11.3 Å². The molecule has 0 bridgehead atoms. The molecule has 1 aromatic heterocycles. The van der Waals surface area contributed by atoms with Crippen LogP contribution in [0, 0.1) is 0 Å². The van der Waals surface area contributed by atoms with Crippen molar-refractivity contribution >= 4 is 28.9 Å². The number of amides is 1. The molecule has 0 saturated heterocycles. The van der Waals surface area contributed by atoms with Gasteiger partial charge in [0, 0.05) is 11.3 Å². The zero-order valence-corrected chi connectivity index (χ0v) is 13.3. The number of thiophene rings is 1. The maximum absolute atomic E-state index is 11.9. The van der Waals surface area contributed by atoms with Gasteiger partial charge in [-0.25, -0.2) is 4.79 Å². The molecule has 0 aliphatic rings. The molecule has 4 nitrogen and oxygen atoms in total. The second-order valence-electron chi connectivity index (χ2n) is 4.64. The molecule has 0 aliphatic carbocycles. The normalized spacial score (nSPS) is 11.1. The highest BCUT2D eigenvalue weighted by Crippen LogP contribution is 2.18. The van der Waals surface area contributed by atoms with E-state index in [9.17, 15) is 9.59 Å². The van der Waals surface area contributed by atoms with E-state index in [2.05, 4.69) is 5.32 Å². The zero-order valence-electron chi connectivity index (χ0n) is 12.5. The first-order valence-electron chi connectivity index (χ1n) is 6.94. The van der Waals surface area contributed by atoms with Gasteiger partial charge in [-0.1, -0.05) is 19.1 Å². The number of anilines is 1. The number of ether oxygens (including phenoxy) is 1. The molecular formula is C17H17NO3S. The SMILES string of the molecule is CCC=C(C)C(=O)Oc1ccc(NC(=O)c2cccs2)cc1. The van der Waals surface area contributed by atoms with E-state index < -0.39 is 0 Å². The van der Waals surface area contributed by atoms with Crippen LogP contribution in [-0.4, -0.2) is 11.9 Å². The lowest BCUT2D eigenvalue weighted by Crippen LogP contribution is -2.11. The largest absolute Gasteiger partial charge is 0.423 e. The van der Waals surface area contributed by atoms with Gasteiger partial charge >= 0.3 is 5.97 Å². The number of esters is 1. The van der Waals surface area contributed by atoms with E-state index in [4.69, 9.17) is 4.74 Å². The Bertz CT molecular complexity index is 672. The van der Waals surface area contributed by atoms with Gasteiger partial charge in [-0.15, -0.1) is 11.3 Å². The van der Waals surface area contributed by atoms with Gasteiger partial charge < -0.3 is 10.1 Å². The summed E-state index contributed by atoms with van der Waals surface area (Å²) in [5, 5.41) is 4.64. The van der Waals surface area contributed by atoms with Gasteiger partial charge in [0.05, 0.1) is 4.88 Å². The lowest BCUT2D eigenvalue weighted by Gasteiger charge is -2.07. The molecule has 0 unspecified atom stereocenters. The summed E-state index contributed by atoms with van der Waals surface area (Å²) >= 11 is 1.38. The van der Waals surface area contributed by atoms with E-state index in [-0.39, 0.29) is 11.9 Å². The van der Waals surface area contributed by atoms with Crippen LogP contribution in [0.2, 0.25) is 0 Å². The van der Waals surface area contributed by atoms with Gasteiger partial charge in [0.2, 0.25) is 0 Å². The second kappa shape index (κ2) is 7.56. The van der Waals surface area contributed by atoms with Crippen LogP contribution in [0.5, 0.6) is 5.75 Å². The van der Waals surface area contributed by atoms with Crippen molar-refractivity contribution in [1.29, 1.82) is 0 Å². The molecule has 5 heteroatoms. The Morgan fingerprint density at radius 2 is 1.95 bits per heavy atom. The third-order valence-corrected chi connectivity index (χ3v) is 3.77. The number of hydrogen-bond acceptors (Lipinski definition) is 4. The van der Waals surface area contributed by atoms with E-state index in [1.807, 2.05) is 24.4 Å². The van der Waals surface area contributed by atoms with Gasteiger partial charge in [0.25, 0.3) is 5.91 Å². The highest BCUT2D eigenvalue weighted by Gasteiger charge is 2.09. The summed E-state index contributed by atoms with van der Waals surface area (Å²) in [6.07, 6.45) is 2.60. The van der Waals surface area contributed by atoms with Gasteiger partial charge in [-0.3, -0.25) is 4.79 Å². The van der Waals surface area contributed by atoms with E-state index in [0.717, 1.165) is 6.42 Å². The third-order valence-electron chi connectivity index (χ3n) is 2.90. The highest BCUT2D eigenvalue weighted by atomic mass is 32.1. The molecule has 1 aromatic carbocycles. The molecule has 1 amide bonds. The van der Waals surface area contributed by atoms with Gasteiger partial charge in [-0.05, 0) is 49.1 Å². The van der Waals surface area contributed by atoms with Crippen LogP contribution >= 0.6 is 11.3 Å². The molecule has 1 heterocycles. The monoisotopic (exact) mass is 315 g/mol. The number of carbonyl (C=O) groups is 2. The van der Waals surface area contributed by atoms with Crippen LogP contribution in [0.1, 0.15) is 29.9 Å². The predicted octanol–water partition coefficient (Wildman–Crippen LogP) is 4.26. The minimum atomic E-state index is -0.364. The molecule has 2 aromatic rings. The first-order chi connectivity index (χ1) is 10.6. The molecule has 22 heavy (non-hydrogen) atoms. The Morgan fingerprint density at radius 1 is 1.23 bits per heavy atom. The molecular weight excluding hydrogens is 298 g/mol. The summed E-state index contributed by atoms with van der Waals surface area (Å²) < 4.78 is 5.24. The summed E-state index contributed by atoms with van der Waals surface area (Å²) in [6, 6.07) is 10.3. The first kappa shape index (κ1) is 16.0. The summed E-state index contributed by atoms with van der Waals surface area (Å²) in [5.74, 6) is -0.0679. The minimum Gasteiger partial charge on any atom is -0.423 e. The number of rotatable bonds is 5. The fourth-order valence-electron chi connectivity index (χ4n) is 1.78. The van der Waals surface area contributed by atoms with Crippen molar-refractivity contribution < 1.29 is 14.3 Å². The number of allylic oxidation sites excluding steroid dienone is 1. The van der Waals surface area contributed by atoms with Crippen LogP contribution in [0.15, 0.2) is 53.4 Å². The van der Waals surface area contributed by atoms with Crippen LogP contribution < -0.4 is 10.1 Å². The minimum absolute atomic E-state index is 0.151. The van der Waals surface area contributed by atoms with Crippen LogP contribution in [0.4, 0.5) is 5.69 Å². The van der Waals surface area contributed by atoms with E-state index in [1.54, 1.807) is 37.3 Å². The Hall–Kier alpha value is -2.40. The number of benzene rings is 1. The van der Waals surface area contributed by atoms with Gasteiger partial charge in [0.1, 0.15) is 5.75 Å². The fraction of sp³-hybridized carbons (Fsp3) is 0.176. The first-order valence-corrected chi connectivity index (χ1v) is 7.82. The summed E-state index contributed by atoms with van der Waals surface area (Å²) in [7, 11) is 0. The van der Waals surface area contributed by atoms with Crippen molar-refractivity contribution in [2.45, 2.75) is 20.3 Å². The third kappa shape index (κ3) is 4.30. The van der Waals surface area contributed by atoms with E-state index in [0.29, 0.717) is 21.9 Å². The lowest BCUT2D eigenvalue weighted by molar-refractivity contribution is -0.130. The highest BCUT2D eigenvalue weighted by molar-refractivity contribution is 7.12. The molecule has 0 fully saturated rings. The van der Waals surface area contributed by atoms with Crippen molar-refractivity contribution in [3.63, 3.8) is 0 Å². The van der Waals surface area contributed by atoms with Crippen molar-refractivity contribution in [3.05, 3.63) is 58.3 Å². The quantitative estimate of drug-likeness (QED) is 0.509. The molecule has 0 aliphatic heterocycles. The summed E-state index contributed by atoms with van der Waals surface area (Å²) in [5.41, 5.74) is 1.23. The maximum Gasteiger partial charge on any atom is 0.338 e. The van der Waals surface area contributed by atoms with Crippen molar-refractivity contribution in [2.24, 2.45) is 0 Å². The lowest BCUT2D eigenvalue weighted by atomic mass is 10.2. The molecule has 0 saturated carbocycles. The molecule has 2 rings (SSSR count). The van der Waals surface area contributed by atoms with Crippen molar-refractivity contribution in [2.75, 3.05) is 5.32 Å². The molecule has 0 spiro atoms. The molecule has 1 N–H and O–H groups in total. The van der Waals surface area contributed by atoms with Gasteiger partial charge in [-0.2, -0.15) is 0 Å². The zero-order chi connectivity index (χ0) is 15.9. The van der Waals surface area contributed by atoms with Crippen LogP contribution in [0.25, 0.3) is 0 Å². The Kier molecular flexibility index (Phi) is 5.49. The maximum atomic E-state index is 11.9. The smallest absolute Gasteiger partial charge is 0.338 e. The average Bonchev–Trinajstić information content (AvgIpc) is 3.04. The number of nitrogens with one attached hydrogen (secondary N) is 1. The average molecular weight is 315 g/mol. The number of carbonyl (C=O) groups excluding carboxylic acids is 2. The van der Waals surface area contributed by atoms with Gasteiger partial charge in [0.15, 0.2) is 0 Å². The second-order valence-corrected chi connectivity index (χ2v) is 5.59. The molecule has 0 radical (unpaired) electrons. The van der Waals surface area contributed by atoms with Crippen molar-refractivity contribution in [1.82, 2.24) is 0 Å². The Labute approximate surface area is 133 Å². The number of hydrogen-bond donors (Lipinski definition) is 1. The standard InChI is InChI=1S/C17H17NO3S/c1-3-5-12(2)17(20)21-14-9-7-13(8-10-14)18-16(19)15-6-4-11-22-15/h4-11H,3H2,1-2H3,(H,18,19). The summed E-state index contributed by atoms with van der Waals surface area (Å²) in [4.78, 5) is 24.3. The summed E-state index contributed by atoms with van der Waals surface area (Å²) in [6.45, 7) is 3.68. The van der Waals surface area contributed by atoms with Crippen molar-refractivity contribution in [3.8, 4) is 5.75 Å². The predicted molar refractivity (Wildman–Crippen MR) is 88.4 cm³/mol. The van der Waals surface area contributed by atoms with E-state index >= 15 is 0 Å². The molecule has 0 atom stereocenters. The Morgan fingerprint density at radius 3 is 2.55 bits per heavy atom. The van der Waals surface area contributed by atoms with Crippen LogP contribution in [0.3, 0.4) is 0 Å². The Balaban J connectivity index is 1.97. The fourth-order valence-corrected chi connectivity index (χ4v) is 2.40. The van der Waals surface area contributed by atoms with Crippen LogP contribution in [-0.2, 0) is 4.79 Å².